The molecule has 1 fully saturated rings. The molecule has 1 aliphatic rings. The van der Waals surface area contributed by atoms with Gasteiger partial charge in [0, 0.05) is 6.04 Å². The average molecular weight is 223 g/mol. The summed E-state index contributed by atoms with van der Waals surface area (Å²) in [7, 11) is 0. The van der Waals surface area contributed by atoms with Crippen LogP contribution in [0.4, 0.5) is 0 Å². The highest BCUT2D eigenvalue weighted by atomic mass is 15.5. The Labute approximate surface area is 96.4 Å². The molecule has 1 heterocycles. The van der Waals surface area contributed by atoms with E-state index in [2.05, 4.69) is 39.8 Å². The van der Waals surface area contributed by atoms with Crippen molar-refractivity contribution in [3.8, 4) is 0 Å². The van der Waals surface area contributed by atoms with E-state index in [-0.39, 0.29) is 0 Å². The Morgan fingerprint density at radius 1 is 1.31 bits per heavy atom. The molecule has 1 aromatic heterocycles. The molecule has 5 heteroatoms. The highest BCUT2D eigenvalue weighted by Gasteiger charge is 2.22. The summed E-state index contributed by atoms with van der Waals surface area (Å²) in [4.78, 5) is 0. The number of tetrazole rings is 1. The number of hydrogen-bond acceptors (Lipinski definition) is 4. The van der Waals surface area contributed by atoms with Crippen molar-refractivity contribution in [3.63, 3.8) is 0 Å². The van der Waals surface area contributed by atoms with E-state index in [1.807, 2.05) is 0 Å². The third-order valence-corrected chi connectivity index (χ3v) is 3.65. The van der Waals surface area contributed by atoms with Crippen molar-refractivity contribution < 1.29 is 0 Å². The Bertz CT molecular complexity index is 287. The van der Waals surface area contributed by atoms with Gasteiger partial charge in [-0.25, -0.2) is 0 Å². The highest BCUT2D eigenvalue weighted by Crippen LogP contribution is 2.29. The largest absolute Gasteiger partial charge is 0.307 e. The molecule has 0 unspecified atom stereocenters. The Kier molecular flexibility index (Phi) is 3.88. The first-order valence-electron chi connectivity index (χ1n) is 6.21. The van der Waals surface area contributed by atoms with Crippen molar-refractivity contribution in [1.29, 1.82) is 0 Å². The van der Waals surface area contributed by atoms with Gasteiger partial charge in [-0.2, -0.15) is 5.21 Å². The molecule has 0 spiro atoms. The molecule has 0 bridgehead atoms. The fraction of sp³-hybridized carbons (Fsp3) is 0.909. The lowest BCUT2D eigenvalue weighted by Crippen LogP contribution is -2.34. The van der Waals surface area contributed by atoms with Crippen LogP contribution in [0.3, 0.4) is 0 Å². The van der Waals surface area contributed by atoms with Crippen LogP contribution in [0.5, 0.6) is 0 Å². The molecular weight excluding hydrogens is 202 g/mol. The van der Waals surface area contributed by atoms with Gasteiger partial charge in [0.05, 0.1) is 6.54 Å². The number of nitrogens with one attached hydrogen (secondary N) is 2. The van der Waals surface area contributed by atoms with Crippen molar-refractivity contribution in [2.45, 2.75) is 52.1 Å². The van der Waals surface area contributed by atoms with Crippen LogP contribution in [0.1, 0.15) is 45.4 Å². The molecule has 0 aromatic carbocycles. The number of nitrogens with zero attached hydrogens (tertiary/aromatic N) is 3. The monoisotopic (exact) mass is 223 g/mol. The molecule has 5 nitrogen and oxygen atoms in total. The minimum absolute atomic E-state index is 0.633. The van der Waals surface area contributed by atoms with Gasteiger partial charge in [-0.15, -0.1) is 10.2 Å². The molecular formula is C11H21N5. The van der Waals surface area contributed by atoms with Crippen LogP contribution < -0.4 is 5.32 Å². The maximum atomic E-state index is 3.93. The van der Waals surface area contributed by atoms with Gasteiger partial charge < -0.3 is 5.32 Å². The van der Waals surface area contributed by atoms with Crippen molar-refractivity contribution >= 4 is 0 Å². The number of hydrogen-bond donors (Lipinski definition) is 2. The van der Waals surface area contributed by atoms with E-state index in [4.69, 9.17) is 0 Å². The molecule has 0 radical (unpaired) electrons. The molecule has 2 rings (SSSR count). The van der Waals surface area contributed by atoms with Gasteiger partial charge in [0.25, 0.3) is 0 Å². The number of H-pyrrole nitrogens is 1. The fourth-order valence-electron chi connectivity index (χ4n) is 2.48. The van der Waals surface area contributed by atoms with E-state index in [0.29, 0.717) is 6.04 Å². The number of aromatic amines is 1. The summed E-state index contributed by atoms with van der Waals surface area (Å²) in [5.74, 6) is 2.51. The first-order valence-corrected chi connectivity index (χ1v) is 6.21. The van der Waals surface area contributed by atoms with E-state index < -0.39 is 0 Å². The van der Waals surface area contributed by atoms with Gasteiger partial charge >= 0.3 is 0 Å². The highest BCUT2D eigenvalue weighted by molar-refractivity contribution is 4.82. The number of aromatic nitrogens is 4. The van der Waals surface area contributed by atoms with Crippen molar-refractivity contribution in [3.05, 3.63) is 5.82 Å². The van der Waals surface area contributed by atoms with Gasteiger partial charge in [0.15, 0.2) is 5.82 Å². The first-order chi connectivity index (χ1) is 7.75. The number of rotatable bonds is 4. The molecule has 1 aliphatic carbocycles. The third kappa shape index (κ3) is 3.01. The molecule has 1 aromatic rings. The molecule has 0 atom stereocenters. The van der Waals surface area contributed by atoms with Crippen molar-refractivity contribution in [2.75, 3.05) is 0 Å². The maximum absolute atomic E-state index is 3.93. The molecule has 0 aliphatic heterocycles. The summed E-state index contributed by atoms with van der Waals surface area (Å²) >= 11 is 0. The summed E-state index contributed by atoms with van der Waals surface area (Å²) in [6.45, 7) is 5.39. The van der Waals surface area contributed by atoms with Gasteiger partial charge in [0.2, 0.25) is 0 Å². The van der Waals surface area contributed by atoms with Crippen LogP contribution in [0.15, 0.2) is 0 Å². The Morgan fingerprint density at radius 2 is 2.06 bits per heavy atom. The van der Waals surface area contributed by atoms with Gasteiger partial charge in [-0.1, -0.05) is 19.1 Å². The molecule has 1 saturated carbocycles. The van der Waals surface area contributed by atoms with Crippen LogP contribution in [0.25, 0.3) is 0 Å². The second-order valence-electron chi connectivity index (χ2n) is 5.06. The van der Waals surface area contributed by atoms with Gasteiger partial charge in [-0.3, -0.25) is 0 Å². The Morgan fingerprint density at radius 3 is 2.62 bits per heavy atom. The normalized spacial score (nSPS) is 26.2. The summed E-state index contributed by atoms with van der Waals surface area (Å²) < 4.78 is 0. The SMILES string of the molecule is CC(C)C1CCC(NCc2nn[nH]n2)CC1. The summed E-state index contributed by atoms with van der Waals surface area (Å²) in [6, 6.07) is 0.633. The van der Waals surface area contributed by atoms with Crippen LogP contribution in [-0.2, 0) is 6.54 Å². The van der Waals surface area contributed by atoms with E-state index in [9.17, 15) is 0 Å². The van der Waals surface area contributed by atoms with Crippen LogP contribution in [0, 0.1) is 11.8 Å². The third-order valence-electron chi connectivity index (χ3n) is 3.65. The van der Waals surface area contributed by atoms with Crippen LogP contribution >= 0.6 is 0 Å². The predicted molar refractivity (Wildman–Crippen MR) is 61.6 cm³/mol. The summed E-state index contributed by atoms with van der Waals surface area (Å²) in [6.07, 6.45) is 5.25. The average Bonchev–Trinajstić information content (AvgIpc) is 2.80. The molecule has 0 amide bonds. The lowest BCUT2D eigenvalue weighted by molar-refractivity contribution is 0.237. The topological polar surface area (TPSA) is 66.5 Å². The second kappa shape index (κ2) is 5.39. The Balaban J connectivity index is 1.69. The minimum Gasteiger partial charge on any atom is -0.307 e. The van der Waals surface area contributed by atoms with Crippen molar-refractivity contribution in [2.24, 2.45) is 11.8 Å². The molecule has 2 N–H and O–H groups in total. The molecule has 90 valence electrons. The van der Waals surface area contributed by atoms with Crippen LogP contribution in [0.2, 0.25) is 0 Å². The zero-order valence-electron chi connectivity index (χ0n) is 10.1. The quantitative estimate of drug-likeness (QED) is 0.812. The van der Waals surface area contributed by atoms with Gasteiger partial charge in [0.1, 0.15) is 0 Å². The Hall–Kier alpha value is -0.970. The smallest absolute Gasteiger partial charge is 0.188 e. The fourth-order valence-corrected chi connectivity index (χ4v) is 2.48. The van der Waals surface area contributed by atoms with Crippen LogP contribution in [-0.4, -0.2) is 26.7 Å². The predicted octanol–water partition coefficient (Wildman–Crippen LogP) is 1.50. The maximum Gasteiger partial charge on any atom is 0.188 e. The minimum atomic E-state index is 0.633. The first kappa shape index (κ1) is 11.5. The van der Waals surface area contributed by atoms with E-state index >= 15 is 0 Å². The zero-order chi connectivity index (χ0) is 11.4. The standard InChI is InChI=1S/C11H21N5/c1-8(2)9-3-5-10(6-4-9)12-7-11-13-15-16-14-11/h8-10,12H,3-7H2,1-2H3,(H,13,14,15,16). The summed E-state index contributed by atoms with van der Waals surface area (Å²) in [5, 5.41) is 17.4. The van der Waals surface area contributed by atoms with Gasteiger partial charge in [-0.05, 0) is 37.5 Å². The van der Waals surface area contributed by atoms with Crippen molar-refractivity contribution in [1.82, 2.24) is 25.9 Å². The lowest BCUT2D eigenvalue weighted by Gasteiger charge is -2.31. The van der Waals surface area contributed by atoms with E-state index in [0.717, 1.165) is 24.2 Å². The second-order valence-corrected chi connectivity index (χ2v) is 5.06. The molecule has 0 saturated heterocycles. The van der Waals surface area contributed by atoms with E-state index in [1.54, 1.807) is 0 Å². The zero-order valence-corrected chi connectivity index (χ0v) is 10.1. The lowest BCUT2D eigenvalue weighted by atomic mass is 9.80. The van der Waals surface area contributed by atoms with E-state index in [1.165, 1.54) is 25.7 Å². The molecule has 16 heavy (non-hydrogen) atoms. The summed E-state index contributed by atoms with van der Waals surface area (Å²) in [5.41, 5.74) is 0.